The quantitative estimate of drug-likeness (QED) is 0.768. The van der Waals surface area contributed by atoms with Crippen molar-refractivity contribution >= 4 is 11.6 Å². The van der Waals surface area contributed by atoms with Crippen LogP contribution in [-0.4, -0.2) is 34.2 Å². The van der Waals surface area contributed by atoms with Gasteiger partial charge in [-0.15, -0.1) is 0 Å². The summed E-state index contributed by atoms with van der Waals surface area (Å²) in [5, 5.41) is 7.41. The third-order valence-electron chi connectivity index (χ3n) is 4.06. The van der Waals surface area contributed by atoms with Crippen LogP contribution in [0.25, 0.3) is 11.6 Å². The normalized spacial score (nSPS) is 15.3. The van der Waals surface area contributed by atoms with Gasteiger partial charge in [0, 0.05) is 17.9 Å². The molecule has 0 aliphatic heterocycles. The first-order valence-corrected chi connectivity index (χ1v) is 7.30. The van der Waals surface area contributed by atoms with Gasteiger partial charge in [0.25, 0.3) is 5.56 Å². The van der Waals surface area contributed by atoms with Crippen molar-refractivity contribution in [3.63, 3.8) is 0 Å². The van der Waals surface area contributed by atoms with Crippen LogP contribution in [0.2, 0.25) is 0 Å². The number of aryl methyl sites for hydroxylation is 1. The molecule has 0 atom stereocenters. The van der Waals surface area contributed by atoms with Crippen LogP contribution in [0.15, 0.2) is 4.79 Å². The Morgan fingerprint density at radius 2 is 1.90 bits per heavy atom. The van der Waals surface area contributed by atoms with Crippen LogP contribution in [0.4, 0.5) is 0 Å². The lowest BCUT2D eigenvalue weighted by molar-refractivity contribution is 0.401. The summed E-state index contributed by atoms with van der Waals surface area (Å²) in [5.41, 5.74) is 5.99. The van der Waals surface area contributed by atoms with Gasteiger partial charge in [0.15, 0.2) is 0 Å². The molecule has 21 heavy (non-hydrogen) atoms. The number of aromatic amines is 3. The molecule has 1 aliphatic carbocycles. The summed E-state index contributed by atoms with van der Waals surface area (Å²) in [5.74, 6) is 0. The lowest BCUT2D eigenvalue weighted by Crippen LogP contribution is -2.33. The molecule has 112 valence electrons. The summed E-state index contributed by atoms with van der Waals surface area (Å²) in [6.45, 7) is 5.09. The van der Waals surface area contributed by atoms with Crippen molar-refractivity contribution in [3.8, 4) is 0 Å². The van der Waals surface area contributed by atoms with E-state index in [4.69, 9.17) is 0 Å². The van der Waals surface area contributed by atoms with Crippen LogP contribution >= 0.6 is 0 Å². The summed E-state index contributed by atoms with van der Waals surface area (Å²) in [6, 6.07) is 0. The number of aromatic nitrogens is 3. The van der Waals surface area contributed by atoms with Crippen LogP contribution in [0.5, 0.6) is 0 Å². The summed E-state index contributed by atoms with van der Waals surface area (Å²) in [7, 11) is 4.13. The zero-order valence-corrected chi connectivity index (χ0v) is 13.1. The van der Waals surface area contributed by atoms with Gasteiger partial charge < -0.3 is 9.88 Å². The Morgan fingerprint density at radius 3 is 2.52 bits per heavy atom. The highest BCUT2D eigenvalue weighted by atomic mass is 16.1. The van der Waals surface area contributed by atoms with Gasteiger partial charge in [-0.25, -0.2) is 0 Å². The number of nitrogens with one attached hydrogen (secondary N) is 3. The third-order valence-corrected chi connectivity index (χ3v) is 4.06. The molecule has 2 aromatic rings. The number of rotatable bonds is 3. The van der Waals surface area contributed by atoms with E-state index in [1.807, 2.05) is 6.08 Å². The Kier molecular flexibility index (Phi) is 3.37. The van der Waals surface area contributed by atoms with E-state index in [2.05, 4.69) is 48.0 Å². The van der Waals surface area contributed by atoms with E-state index < -0.39 is 0 Å². The van der Waals surface area contributed by atoms with E-state index in [0.717, 1.165) is 35.6 Å². The Labute approximate surface area is 123 Å². The van der Waals surface area contributed by atoms with E-state index in [0.29, 0.717) is 0 Å². The van der Waals surface area contributed by atoms with Gasteiger partial charge in [0.2, 0.25) is 0 Å². The summed E-state index contributed by atoms with van der Waals surface area (Å²) < 4.78 is 0. The molecule has 0 aromatic carbocycles. The third kappa shape index (κ3) is 2.61. The molecular formula is C16H22N4O. The van der Waals surface area contributed by atoms with Crippen molar-refractivity contribution in [1.29, 1.82) is 0 Å². The molecule has 1 aliphatic rings. The zero-order chi connectivity index (χ0) is 15.1. The second-order valence-corrected chi connectivity index (χ2v) is 6.12. The Hall–Kier alpha value is -2.01. The summed E-state index contributed by atoms with van der Waals surface area (Å²) in [6.07, 6.45) is 4.14. The molecule has 0 amide bonds. The van der Waals surface area contributed by atoms with Gasteiger partial charge in [-0.2, -0.15) is 0 Å². The Bertz CT molecular complexity index is 842. The fraction of sp³-hybridized carbons (Fsp3) is 0.438. The van der Waals surface area contributed by atoms with Crippen molar-refractivity contribution in [2.45, 2.75) is 33.2 Å². The number of H-pyrrole nitrogens is 3. The van der Waals surface area contributed by atoms with Gasteiger partial charge in [0.1, 0.15) is 0 Å². The monoisotopic (exact) mass is 286 g/mol. The minimum Gasteiger partial charge on any atom is -0.359 e. The molecule has 2 heterocycles. The van der Waals surface area contributed by atoms with Crippen molar-refractivity contribution in [3.05, 3.63) is 43.4 Å². The van der Waals surface area contributed by atoms with Crippen molar-refractivity contribution < 1.29 is 0 Å². The van der Waals surface area contributed by atoms with Crippen LogP contribution < -0.4 is 16.1 Å². The fourth-order valence-electron chi connectivity index (χ4n) is 2.75. The molecule has 0 unspecified atom stereocenters. The minimum atomic E-state index is -0.0507. The van der Waals surface area contributed by atoms with E-state index in [-0.39, 0.29) is 5.56 Å². The summed E-state index contributed by atoms with van der Waals surface area (Å²) in [4.78, 5) is 17.6. The highest BCUT2D eigenvalue weighted by molar-refractivity contribution is 5.59. The number of nitrogens with zero attached hydrogens (tertiary/aromatic N) is 1. The van der Waals surface area contributed by atoms with Crippen LogP contribution in [-0.2, 0) is 6.54 Å². The molecule has 0 saturated heterocycles. The van der Waals surface area contributed by atoms with Gasteiger partial charge in [-0.1, -0.05) is 0 Å². The molecule has 0 spiro atoms. The average Bonchev–Trinajstić information content (AvgIpc) is 3.15. The van der Waals surface area contributed by atoms with Gasteiger partial charge in [-0.05, 0) is 63.6 Å². The maximum Gasteiger partial charge on any atom is 0.271 e. The maximum absolute atomic E-state index is 12.0. The number of hydrogen-bond acceptors (Lipinski definition) is 2. The standard InChI is InChI=1S/C16H22N4O/c1-9-13(8-20(3)4)10(2)17-14(9)7-12-15(11-5-6-11)18-19-16(12)21/h7,17-18H,5-6,8H2,1-4H3,(H,19,21). The molecule has 5 nitrogen and oxygen atoms in total. The van der Waals surface area contributed by atoms with Gasteiger partial charge in [-0.3, -0.25) is 15.0 Å². The molecule has 3 N–H and O–H groups in total. The Morgan fingerprint density at radius 1 is 1.19 bits per heavy atom. The average molecular weight is 286 g/mol. The first-order valence-electron chi connectivity index (χ1n) is 7.30. The van der Waals surface area contributed by atoms with Crippen molar-refractivity contribution in [2.75, 3.05) is 14.1 Å². The van der Waals surface area contributed by atoms with E-state index in [1.54, 1.807) is 0 Å². The molecule has 0 radical (unpaired) electrons. The first-order chi connectivity index (χ1) is 9.97. The molecule has 3 rings (SSSR count). The minimum absolute atomic E-state index is 0.0507. The lowest BCUT2D eigenvalue weighted by atomic mass is 10.1. The topological polar surface area (TPSA) is 67.7 Å². The van der Waals surface area contributed by atoms with Gasteiger partial charge >= 0.3 is 0 Å². The molecular weight excluding hydrogens is 264 g/mol. The SMILES string of the molecule is Cc1[nH]c(C=c2c(=O)[nH][nH]c2=C2CC2)c(C)c1CN(C)C. The lowest BCUT2D eigenvalue weighted by Gasteiger charge is -2.10. The predicted molar refractivity (Wildman–Crippen MR) is 84.5 cm³/mol. The maximum atomic E-state index is 12.0. The second-order valence-electron chi connectivity index (χ2n) is 6.12. The number of hydrogen-bond donors (Lipinski definition) is 3. The highest BCUT2D eigenvalue weighted by Crippen LogP contribution is 2.26. The molecule has 0 bridgehead atoms. The first kappa shape index (κ1) is 13.9. The largest absolute Gasteiger partial charge is 0.359 e. The fourth-order valence-corrected chi connectivity index (χ4v) is 2.75. The molecule has 1 fully saturated rings. The smallest absolute Gasteiger partial charge is 0.271 e. The molecule has 5 heteroatoms. The van der Waals surface area contributed by atoms with E-state index in [1.165, 1.54) is 22.4 Å². The Balaban J connectivity index is 2.16. The zero-order valence-electron chi connectivity index (χ0n) is 13.1. The van der Waals surface area contributed by atoms with Crippen LogP contribution in [0, 0.1) is 13.8 Å². The second kappa shape index (κ2) is 5.07. The summed E-state index contributed by atoms with van der Waals surface area (Å²) >= 11 is 0. The highest BCUT2D eigenvalue weighted by Gasteiger charge is 2.15. The van der Waals surface area contributed by atoms with Crippen molar-refractivity contribution in [1.82, 2.24) is 20.1 Å². The predicted octanol–water partition coefficient (Wildman–Crippen LogP) is 0.483. The van der Waals surface area contributed by atoms with Crippen molar-refractivity contribution in [2.24, 2.45) is 0 Å². The van der Waals surface area contributed by atoms with E-state index >= 15 is 0 Å². The van der Waals surface area contributed by atoms with E-state index in [9.17, 15) is 4.79 Å². The van der Waals surface area contributed by atoms with Crippen LogP contribution in [0.3, 0.4) is 0 Å². The van der Waals surface area contributed by atoms with Gasteiger partial charge in [0.05, 0.1) is 10.6 Å². The molecule has 1 saturated carbocycles. The molecule has 2 aromatic heterocycles. The van der Waals surface area contributed by atoms with Crippen LogP contribution in [0.1, 0.15) is 35.4 Å².